The number of carbonyl (C=O) groups is 1. The number of rotatable bonds is 5. The molecule has 0 unspecified atom stereocenters. The van der Waals surface area contributed by atoms with Crippen LogP contribution in [0.1, 0.15) is 5.56 Å². The molecule has 0 aliphatic heterocycles. The first-order chi connectivity index (χ1) is 12.0. The zero-order chi connectivity index (χ0) is 17.8. The third kappa shape index (κ3) is 4.40. The van der Waals surface area contributed by atoms with E-state index in [-0.39, 0.29) is 11.7 Å². The standard InChI is InChI=1S/C18H17IN4OS/c1-12-10-14(19)8-9-15(12)20-16(24)11-25-18-22-21-17(23(18)2)13-6-4-3-5-7-13/h3-10H,11H2,1-2H3,(H,20,24). The molecule has 0 aliphatic carbocycles. The summed E-state index contributed by atoms with van der Waals surface area (Å²) in [5, 5.41) is 12.1. The molecule has 7 heteroatoms. The van der Waals surface area contributed by atoms with Crippen molar-refractivity contribution < 1.29 is 4.79 Å². The lowest BCUT2D eigenvalue weighted by Gasteiger charge is -2.08. The average Bonchev–Trinajstić information content (AvgIpc) is 2.97. The molecular formula is C18H17IN4OS. The summed E-state index contributed by atoms with van der Waals surface area (Å²) in [7, 11) is 1.91. The fourth-order valence-electron chi connectivity index (χ4n) is 2.36. The van der Waals surface area contributed by atoms with Crippen LogP contribution < -0.4 is 5.32 Å². The molecule has 1 amide bonds. The van der Waals surface area contributed by atoms with Crippen molar-refractivity contribution in [2.75, 3.05) is 11.1 Å². The first-order valence-corrected chi connectivity index (χ1v) is 9.74. The van der Waals surface area contributed by atoms with E-state index in [1.165, 1.54) is 11.8 Å². The number of amides is 1. The van der Waals surface area contributed by atoms with Gasteiger partial charge in [-0.15, -0.1) is 10.2 Å². The Hall–Kier alpha value is -1.87. The highest BCUT2D eigenvalue weighted by Gasteiger charge is 2.13. The highest BCUT2D eigenvalue weighted by molar-refractivity contribution is 14.1. The number of benzene rings is 2. The molecule has 0 saturated carbocycles. The summed E-state index contributed by atoms with van der Waals surface area (Å²) in [6, 6.07) is 15.8. The molecule has 0 fully saturated rings. The van der Waals surface area contributed by atoms with Gasteiger partial charge >= 0.3 is 0 Å². The van der Waals surface area contributed by atoms with Gasteiger partial charge in [-0.05, 0) is 53.3 Å². The summed E-state index contributed by atoms with van der Waals surface area (Å²) < 4.78 is 3.05. The number of hydrogen-bond acceptors (Lipinski definition) is 4. The van der Waals surface area contributed by atoms with E-state index in [0.29, 0.717) is 5.16 Å². The number of nitrogens with one attached hydrogen (secondary N) is 1. The van der Waals surface area contributed by atoms with Gasteiger partial charge < -0.3 is 9.88 Å². The fourth-order valence-corrected chi connectivity index (χ4v) is 3.72. The number of nitrogens with zero attached hydrogens (tertiary/aromatic N) is 3. The van der Waals surface area contributed by atoms with E-state index < -0.39 is 0 Å². The van der Waals surface area contributed by atoms with Gasteiger partial charge in [-0.1, -0.05) is 42.1 Å². The lowest BCUT2D eigenvalue weighted by atomic mass is 10.2. The zero-order valence-electron chi connectivity index (χ0n) is 13.9. The van der Waals surface area contributed by atoms with E-state index in [9.17, 15) is 4.79 Å². The van der Waals surface area contributed by atoms with Crippen LogP contribution >= 0.6 is 34.4 Å². The topological polar surface area (TPSA) is 59.8 Å². The number of aryl methyl sites for hydroxylation is 1. The van der Waals surface area contributed by atoms with Gasteiger partial charge in [0.1, 0.15) is 0 Å². The molecule has 1 aromatic heterocycles. The van der Waals surface area contributed by atoms with Crippen molar-refractivity contribution in [3.63, 3.8) is 0 Å². The third-order valence-corrected chi connectivity index (χ3v) is 5.35. The number of halogens is 1. The molecule has 0 radical (unpaired) electrons. The van der Waals surface area contributed by atoms with Gasteiger partial charge in [0.25, 0.3) is 0 Å². The summed E-state index contributed by atoms with van der Waals surface area (Å²) in [6.07, 6.45) is 0. The van der Waals surface area contributed by atoms with E-state index in [1.807, 2.05) is 67.1 Å². The minimum atomic E-state index is -0.0569. The fraction of sp³-hybridized carbons (Fsp3) is 0.167. The predicted octanol–water partition coefficient (Wildman–Crippen LogP) is 4.13. The van der Waals surface area contributed by atoms with E-state index in [2.05, 4.69) is 38.1 Å². The van der Waals surface area contributed by atoms with Crippen LogP contribution in [0, 0.1) is 10.5 Å². The van der Waals surface area contributed by atoms with Gasteiger partial charge in [0.15, 0.2) is 11.0 Å². The van der Waals surface area contributed by atoms with Crippen LogP contribution in [0.3, 0.4) is 0 Å². The lowest BCUT2D eigenvalue weighted by molar-refractivity contribution is -0.113. The van der Waals surface area contributed by atoms with Crippen LogP contribution in [-0.2, 0) is 11.8 Å². The Kier molecular flexibility index (Phi) is 5.74. The summed E-state index contributed by atoms with van der Waals surface area (Å²) in [5.41, 5.74) is 2.90. The van der Waals surface area contributed by atoms with Gasteiger partial charge in [-0.2, -0.15) is 0 Å². The zero-order valence-corrected chi connectivity index (χ0v) is 16.8. The maximum Gasteiger partial charge on any atom is 0.234 e. The summed E-state index contributed by atoms with van der Waals surface area (Å²) in [6.45, 7) is 1.99. The van der Waals surface area contributed by atoms with Gasteiger partial charge in [-0.25, -0.2) is 0 Å². The highest BCUT2D eigenvalue weighted by Crippen LogP contribution is 2.23. The summed E-state index contributed by atoms with van der Waals surface area (Å²) in [5.74, 6) is 1.02. The largest absolute Gasteiger partial charge is 0.325 e. The molecule has 128 valence electrons. The lowest BCUT2D eigenvalue weighted by Crippen LogP contribution is -2.15. The second-order valence-corrected chi connectivity index (χ2v) is 7.72. The summed E-state index contributed by atoms with van der Waals surface area (Å²) >= 11 is 3.63. The smallest absolute Gasteiger partial charge is 0.234 e. The third-order valence-electron chi connectivity index (χ3n) is 3.66. The first-order valence-electron chi connectivity index (χ1n) is 7.68. The van der Waals surface area contributed by atoms with Gasteiger partial charge in [0.05, 0.1) is 5.75 Å². The van der Waals surface area contributed by atoms with Crippen molar-refractivity contribution >= 4 is 45.9 Å². The average molecular weight is 464 g/mol. The Morgan fingerprint density at radius 1 is 1.20 bits per heavy atom. The van der Waals surface area contributed by atoms with Crippen LogP contribution in [0.5, 0.6) is 0 Å². The Morgan fingerprint density at radius 3 is 2.68 bits per heavy atom. The van der Waals surface area contributed by atoms with Crippen molar-refractivity contribution in [1.82, 2.24) is 14.8 Å². The molecule has 0 bridgehead atoms. The minimum Gasteiger partial charge on any atom is -0.325 e. The Balaban J connectivity index is 1.64. The normalized spacial score (nSPS) is 10.7. The van der Waals surface area contributed by atoms with E-state index in [1.54, 1.807) is 0 Å². The van der Waals surface area contributed by atoms with E-state index in [4.69, 9.17) is 0 Å². The predicted molar refractivity (Wildman–Crippen MR) is 110 cm³/mol. The van der Waals surface area contributed by atoms with Crippen molar-refractivity contribution in [3.05, 3.63) is 57.7 Å². The molecule has 0 spiro atoms. The maximum atomic E-state index is 12.2. The molecule has 0 saturated heterocycles. The van der Waals surface area contributed by atoms with Crippen LogP contribution in [0.15, 0.2) is 53.7 Å². The van der Waals surface area contributed by atoms with E-state index >= 15 is 0 Å². The molecule has 2 aromatic carbocycles. The first kappa shape index (κ1) is 17.9. The molecule has 3 aromatic rings. The van der Waals surface area contributed by atoms with Gasteiger partial charge in [0.2, 0.25) is 5.91 Å². The quantitative estimate of drug-likeness (QED) is 0.456. The van der Waals surface area contributed by atoms with Crippen LogP contribution in [0.2, 0.25) is 0 Å². The number of thioether (sulfide) groups is 1. The van der Waals surface area contributed by atoms with Crippen molar-refractivity contribution in [1.29, 1.82) is 0 Å². The molecule has 5 nitrogen and oxygen atoms in total. The number of carbonyl (C=O) groups excluding carboxylic acids is 1. The molecule has 1 N–H and O–H groups in total. The summed E-state index contributed by atoms with van der Waals surface area (Å²) in [4.78, 5) is 12.2. The Morgan fingerprint density at radius 2 is 1.96 bits per heavy atom. The Bertz CT molecular complexity index is 895. The van der Waals surface area contributed by atoms with Crippen LogP contribution in [0.4, 0.5) is 5.69 Å². The van der Waals surface area contributed by atoms with E-state index in [0.717, 1.165) is 26.2 Å². The van der Waals surface area contributed by atoms with Crippen LogP contribution in [0.25, 0.3) is 11.4 Å². The molecule has 25 heavy (non-hydrogen) atoms. The number of aromatic nitrogens is 3. The number of hydrogen-bond donors (Lipinski definition) is 1. The highest BCUT2D eigenvalue weighted by atomic mass is 127. The van der Waals surface area contributed by atoms with Crippen molar-refractivity contribution in [3.8, 4) is 11.4 Å². The number of anilines is 1. The molecule has 0 aliphatic rings. The molecule has 0 atom stereocenters. The Labute approximate surface area is 164 Å². The van der Waals surface area contributed by atoms with Crippen molar-refractivity contribution in [2.24, 2.45) is 7.05 Å². The monoisotopic (exact) mass is 464 g/mol. The molecular weight excluding hydrogens is 447 g/mol. The van der Waals surface area contributed by atoms with Crippen LogP contribution in [-0.4, -0.2) is 26.4 Å². The van der Waals surface area contributed by atoms with Crippen molar-refractivity contribution in [2.45, 2.75) is 12.1 Å². The minimum absolute atomic E-state index is 0.0569. The van der Waals surface area contributed by atoms with Gasteiger partial charge in [-0.3, -0.25) is 4.79 Å². The maximum absolute atomic E-state index is 12.2. The van der Waals surface area contributed by atoms with Gasteiger partial charge in [0, 0.05) is 21.9 Å². The second-order valence-electron chi connectivity index (χ2n) is 5.53. The molecule has 3 rings (SSSR count). The molecule has 1 heterocycles. The SMILES string of the molecule is Cc1cc(I)ccc1NC(=O)CSc1nnc(-c2ccccc2)n1C. The second kappa shape index (κ2) is 8.01.